The first kappa shape index (κ1) is 12.7. The van der Waals surface area contributed by atoms with Crippen molar-refractivity contribution in [3.05, 3.63) is 12.3 Å². The first-order valence-electron chi connectivity index (χ1n) is 3.70. The molecule has 0 amide bonds. The van der Waals surface area contributed by atoms with Gasteiger partial charge in [-0.1, -0.05) is 0 Å². The van der Waals surface area contributed by atoms with Crippen LogP contribution in [0.3, 0.4) is 0 Å². The Kier molecular flexibility index (Phi) is 4.66. The van der Waals surface area contributed by atoms with Gasteiger partial charge in [-0.15, -0.1) is 6.58 Å². The molecule has 0 aromatic carbocycles. The zero-order valence-corrected chi connectivity index (χ0v) is 8.65. The zero-order chi connectivity index (χ0) is 10.5. The summed E-state index contributed by atoms with van der Waals surface area (Å²) < 4.78 is 45.5. The Balaban J connectivity index is 4.19. The Morgan fingerprint density at radius 1 is 1.31 bits per heavy atom. The number of rotatable bonds is 5. The molecule has 2 nitrogen and oxygen atoms in total. The van der Waals surface area contributed by atoms with E-state index in [1.165, 1.54) is 19.9 Å². The largest absolute Gasteiger partial charge is 0.395 e. The van der Waals surface area contributed by atoms with Gasteiger partial charge in [0.1, 0.15) is 0 Å². The van der Waals surface area contributed by atoms with Gasteiger partial charge in [-0.05, 0) is 5.70 Å². The first-order chi connectivity index (χ1) is 5.89. The van der Waals surface area contributed by atoms with Gasteiger partial charge < -0.3 is 8.85 Å². The van der Waals surface area contributed by atoms with Gasteiger partial charge in [-0.2, -0.15) is 13.2 Å². The normalized spacial score (nSPS) is 13.0. The van der Waals surface area contributed by atoms with Crippen molar-refractivity contribution < 1.29 is 22.0 Å². The number of alkyl halides is 3. The minimum Gasteiger partial charge on any atom is -0.395 e. The van der Waals surface area contributed by atoms with Gasteiger partial charge in [0.05, 0.1) is 0 Å². The molecule has 0 fully saturated rings. The fourth-order valence-corrected chi connectivity index (χ4v) is 2.62. The van der Waals surface area contributed by atoms with Crippen LogP contribution in [0.2, 0.25) is 6.04 Å². The van der Waals surface area contributed by atoms with Gasteiger partial charge in [0.15, 0.2) is 0 Å². The molecule has 0 spiro atoms. The Hall–Kier alpha value is -0.333. The van der Waals surface area contributed by atoms with Crippen molar-refractivity contribution in [2.45, 2.75) is 18.6 Å². The summed E-state index contributed by atoms with van der Waals surface area (Å²) in [6.45, 7) is 3.42. The molecular formula is C7H13F3O2Si. The summed E-state index contributed by atoms with van der Waals surface area (Å²) in [6, 6.07) is -0.146. The molecule has 13 heavy (non-hydrogen) atoms. The summed E-state index contributed by atoms with van der Waals surface area (Å²) in [5.74, 6) is 0. The number of hydrogen-bond acceptors (Lipinski definition) is 2. The van der Waals surface area contributed by atoms with Crippen molar-refractivity contribution in [3.8, 4) is 0 Å². The second-order valence-electron chi connectivity index (χ2n) is 2.54. The quantitative estimate of drug-likeness (QED) is 0.654. The third-order valence-corrected chi connectivity index (χ3v) is 4.71. The van der Waals surface area contributed by atoms with Gasteiger partial charge in [0.2, 0.25) is 0 Å². The zero-order valence-electron chi connectivity index (χ0n) is 7.65. The molecule has 0 aliphatic rings. The summed E-state index contributed by atoms with van der Waals surface area (Å²) in [5, 5.41) is 0. The van der Waals surface area contributed by atoms with Crippen LogP contribution in [-0.4, -0.2) is 29.0 Å². The third kappa shape index (κ3) is 4.44. The van der Waals surface area contributed by atoms with E-state index in [1.807, 2.05) is 0 Å². The lowest BCUT2D eigenvalue weighted by atomic mass is 10.5. The molecule has 78 valence electrons. The van der Waals surface area contributed by atoms with Crippen LogP contribution in [0, 0.1) is 0 Å². The Morgan fingerprint density at radius 2 is 1.77 bits per heavy atom. The predicted octanol–water partition coefficient (Wildman–Crippen LogP) is 2.40. The molecule has 0 radical (unpaired) electrons. The average molecular weight is 214 g/mol. The standard InChI is InChI=1S/C7H13F3O2Si/c1-4-13(11-2,12-3)6-5-7(8,9)10/h4H,1,5-6H2,2-3H3. The summed E-state index contributed by atoms with van der Waals surface area (Å²) >= 11 is 0. The van der Waals surface area contributed by atoms with Crippen molar-refractivity contribution in [1.82, 2.24) is 0 Å². The van der Waals surface area contributed by atoms with Crippen LogP contribution in [0.15, 0.2) is 12.3 Å². The number of hydrogen-bond donors (Lipinski definition) is 0. The third-order valence-electron chi connectivity index (χ3n) is 1.76. The van der Waals surface area contributed by atoms with Crippen LogP contribution in [0.4, 0.5) is 13.2 Å². The molecule has 0 saturated heterocycles. The van der Waals surface area contributed by atoms with Crippen molar-refractivity contribution in [1.29, 1.82) is 0 Å². The molecule has 0 aromatic heterocycles. The second kappa shape index (κ2) is 4.78. The summed E-state index contributed by atoms with van der Waals surface area (Å²) in [7, 11) is -0.101. The maximum absolute atomic E-state index is 11.9. The van der Waals surface area contributed by atoms with Crippen molar-refractivity contribution in [2.75, 3.05) is 14.2 Å². The van der Waals surface area contributed by atoms with E-state index in [0.29, 0.717) is 0 Å². The molecule has 0 rings (SSSR count). The molecule has 0 aliphatic heterocycles. The van der Waals surface area contributed by atoms with E-state index in [1.54, 1.807) is 0 Å². The Morgan fingerprint density at radius 3 is 2.00 bits per heavy atom. The van der Waals surface area contributed by atoms with Crippen LogP contribution in [-0.2, 0) is 8.85 Å². The average Bonchev–Trinajstić information content (AvgIpc) is 2.06. The highest BCUT2D eigenvalue weighted by atomic mass is 28.4. The van der Waals surface area contributed by atoms with Gasteiger partial charge >= 0.3 is 14.7 Å². The highest BCUT2D eigenvalue weighted by Crippen LogP contribution is 2.26. The lowest BCUT2D eigenvalue weighted by Crippen LogP contribution is -2.38. The summed E-state index contributed by atoms with van der Waals surface area (Å²) in [5.41, 5.74) is 1.36. The smallest absolute Gasteiger partial charge is 0.389 e. The van der Waals surface area contributed by atoms with Crippen LogP contribution in [0.5, 0.6) is 0 Å². The molecule has 0 saturated carbocycles. The lowest BCUT2D eigenvalue weighted by Gasteiger charge is -2.23. The maximum Gasteiger partial charge on any atom is 0.389 e. The molecular weight excluding hydrogens is 201 g/mol. The minimum atomic E-state index is -4.17. The molecule has 0 heterocycles. The Bertz CT molecular complexity index is 166. The second-order valence-corrected chi connectivity index (χ2v) is 5.89. The Labute approximate surface area is 76.6 Å². The summed E-state index contributed by atoms with van der Waals surface area (Å²) in [4.78, 5) is 0. The van der Waals surface area contributed by atoms with Crippen molar-refractivity contribution in [3.63, 3.8) is 0 Å². The van der Waals surface area contributed by atoms with Crippen LogP contribution < -0.4 is 0 Å². The monoisotopic (exact) mass is 214 g/mol. The van der Waals surface area contributed by atoms with Crippen molar-refractivity contribution >= 4 is 8.56 Å². The molecule has 0 atom stereocenters. The fourth-order valence-electron chi connectivity index (χ4n) is 0.872. The van der Waals surface area contributed by atoms with E-state index >= 15 is 0 Å². The molecule has 0 unspecified atom stereocenters. The van der Waals surface area contributed by atoms with Crippen molar-refractivity contribution in [2.24, 2.45) is 0 Å². The molecule has 6 heteroatoms. The van der Waals surface area contributed by atoms with Gasteiger partial charge in [0.25, 0.3) is 0 Å². The fraction of sp³-hybridized carbons (Fsp3) is 0.714. The SMILES string of the molecule is C=C[Si](CCC(F)(F)F)(OC)OC. The van der Waals surface area contributed by atoms with E-state index in [-0.39, 0.29) is 6.04 Å². The maximum atomic E-state index is 11.9. The molecule has 0 aliphatic carbocycles. The van der Waals surface area contributed by atoms with E-state index in [2.05, 4.69) is 6.58 Å². The van der Waals surface area contributed by atoms with E-state index in [0.717, 1.165) is 0 Å². The minimum absolute atomic E-state index is 0.146. The molecule has 0 N–H and O–H groups in total. The predicted molar refractivity (Wildman–Crippen MR) is 45.4 cm³/mol. The van der Waals surface area contributed by atoms with Gasteiger partial charge in [0, 0.05) is 26.7 Å². The lowest BCUT2D eigenvalue weighted by molar-refractivity contribution is -0.131. The highest BCUT2D eigenvalue weighted by molar-refractivity contribution is 6.72. The van der Waals surface area contributed by atoms with Crippen LogP contribution in [0.25, 0.3) is 0 Å². The van der Waals surface area contributed by atoms with E-state index in [4.69, 9.17) is 8.85 Å². The summed E-state index contributed by atoms with van der Waals surface area (Å²) in [6.07, 6.45) is -5.06. The molecule has 0 bridgehead atoms. The highest BCUT2D eigenvalue weighted by Gasteiger charge is 2.38. The van der Waals surface area contributed by atoms with Crippen LogP contribution in [0.1, 0.15) is 6.42 Å². The van der Waals surface area contributed by atoms with Crippen LogP contribution >= 0.6 is 0 Å². The molecule has 0 aromatic rings. The number of halogens is 3. The van der Waals surface area contributed by atoms with E-state index < -0.39 is 21.2 Å². The van der Waals surface area contributed by atoms with Gasteiger partial charge in [-0.3, -0.25) is 0 Å². The van der Waals surface area contributed by atoms with Gasteiger partial charge in [-0.25, -0.2) is 0 Å². The topological polar surface area (TPSA) is 18.5 Å². The van der Waals surface area contributed by atoms with E-state index in [9.17, 15) is 13.2 Å². The first-order valence-corrected chi connectivity index (χ1v) is 5.80.